The SMILES string of the molecule is C[NH+](CC(=O)Nc1ccc(Cl)cc1)CC(=O)N1CCOC1=O. The molecule has 22 heavy (non-hydrogen) atoms. The number of likely N-dealkylation sites (N-methyl/N-ethyl adjacent to an activating group) is 1. The number of nitrogens with zero attached hydrogens (tertiary/aromatic N) is 1. The first-order valence-corrected chi connectivity index (χ1v) is 7.17. The molecule has 0 radical (unpaired) electrons. The number of amides is 3. The summed E-state index contributed by atoms with van der Waals surface area (Å²) in [5.74, 6) is -0.573. The van der Waals surface area contributed by atoms with E-state index in [0.717, 1.165) is 4.90 Å². The molecular formula is C14H17ClN3O4+. The minimum atomic E-state index is -0.622. The third kappa shape index (κ3) is 4.44. The predicted molar refractivity (Wildman–Crippen MR) is 79.8 cm³/mol. The van der Waals surface area contributed by atoms with Crippen LogP contribution in [0.4, 0.5) is 10.5 Å². The molecule has 2 N–H and O–H groups in total. The normalized spacial score (nSPS) is 15.4. The first kappa shape index (κ1) is 16.3. The largest absolute Gasteiger partial charge is 0.447 e. The van der Waals surface area contributed by atoms with E-state index in [9.17, 15) is 14.4 Å². The van der Waals surface area contributed by atoms with Gasteiger partial charge < -0.3 is 15.0 Å². The summed E-state index contributed by atoms with van der Waals surface area (Å²) < 4.78 is 4.70. The van der Waals surface area contributed by atoms with E-state index < -0.39 is 6.09 Å². The zero-order valence-electron chi connectivity index (χ0n) is 12.1. The summed E-state index contributed by atoms with van der Waals surface area (Å²) in [5, 5.41) is 3.30. The molecule has 0 saturated carbocycles. The van der Waals surface area contributed by atoms with Crippen LogP contribution in [0.3, 0.4) is 0 Å². The van der Waals surface area contributed by atoms with Gasteiger partial charge in [0.1, 0.15) is 6.61 Å². The Balaban J connectivity index is 1.79. The van der Waals surface area contributed by atoms with E-state index in [4.69, 9.17) is 16.3 Å². The Morgan fingerprint density at radius 3 is 2.59 bits per heavy atom. The van der Waals surface area contributed by atoms with Gasteiger partial charge in [0.2, 0.25) is 0 Å². The van der Waals surface area contributed by atoms with Crippen LogP contribution >= 0.6 is 11.6 Å². The summed E-state index contributed by atoms with van der Waals surface area (Å²) in [7, 11) is 1.71. The van der Waals surface area contributed by atoms with Gasteiger partial charge in [-0.25, -0.2) is 9.69 Å². The van der Waals surface area contributed by atoms with Crippen molar-refractivity contribution in [3.05, 3.63) is 29.3 Å². The molecule has 0 aromatic heterocycles. The number of anilines is 1. The molecule has 7 nitrogen and oxygen atoms in total. The van der Waals surface area contributed by atoms with Gasteiger partial charge in [-0.15, -0.1) is 0 Å². The van der Waals surface area contributed by atoms with Crippen LogP contribution in [0.5, 0.6) is 0 Å². The highest BCUT2D eigenvalue weighted by Crippen LogP contribution is 2.12. The number of hydrogen-bond acceptors (Lipinski definition) is 4. The Hall–Kier alpha value is -2.12. The molecule has 1 fully saturated rings. The number of quaternary nitrogens is 1. The molecule has 8 heteroatoms. The molecule has 1 saturated heterocycles. The van der Waals surface area contributed by atoms with E-state index in [1.54, 1.807) is 31.3 Å². The zero-order valence-corrected chi connectivity index (χ0v) is 12.9. The van der Waals surface area contributed by atoms with E-state index in [2.05, 4.69) is 5.32 Å². The van der Waals surface area contributed by atoms with Crippen molar-refractivity contribution in [2.24, 2.45) is 0 Å². The van der Waals surface area contributed by atoms with Crippen LogP contribution < -0.4 is 10.2 Å². The van der Waals surface area contributed by atoms with E-state index in [1.165, 1.54) is 0 Å². The topological polar surface area (TPSA) is 80.2 Å². The van der Waals surface area contributed by atoms with Gasteiger partial charge in [-0.05, 0) is 24.3 Å². The number of rotatable bonds is 5. The maximum Gasteiger partial charge on any atom is 0.416 e. The van der Waals surface area contributed by atoms with Gasteiger partial charge in [0, 0.05) is 10.7 Å². The van der Waals surface area contributed by atoms with Crippen LogP contribution in [0.25, 0.3) is 0 Å². The molecule has 2 rings (SSSR count). The van der Waals surface area contributed by atoms with Gasteiger partial charge in [0.25, 0.3) is 11.8 Å². The number of carbonyl (C=O) groups is 3. The van der Waals surface area contributed by atoms with E-state index in [1.807, 2.05) is 0 Å². The zero-order chi connectivity index (χ0) is 16.1. The summed E-state index contributed by atoms with van der Waals surface area (Å²) in [6, 6.07) is 6.74. The third-order valence-electron chi connectivity index (χ3n) is 3.11. The molecule has 0 aliphatic carbocycles. The molecular weight excluding hydrogens is 310 g/mol. The Morgan fingerprint density at radius 2 is 2.00 bits per heavy atom. The molecule has 118 valence electrons. The average molecular weight is 327 g/mol. The Labute approximate surface area is 132 Å². The minimum absolute atomic E-state index is 0.0448. The standard InChI is InChI=1S/C14H16ClN3O4/c1-17(9-13(20)18-6-7-22-14(18)21)8-12(19)16-11-4-2-10(15)3-5-11/h2-5H,6-9H2,1H3,(H,16,19)/p+1. The number of carbonyl (C=O) groups excluding carboxylic acids is 3. The quantitative estimate of drug-likeness (QED) is 0.783. The van der Waals surface area contributed by atoms with Gasteiger partial charge in [-0.2, -0.15) is 0 Å². The second-order valence-electron chi connectivity index (χ2n) is 5.03. The fraction of sp³-hybridized carbons (Fsp3) is 0.357. The fourth-order valence-electron chi connectivity index (χ4n) is 2.05. The smallest absolute Gasteiger partial charge is 0.416 e. The van der Waals surface area contributed by atoms with Gasteiger partial charge in [-0.1, -0.05) is 11.6 Å². The van der Waals surface area contributed by atoms with Gasteiger partial charge in [0.05, 0.1) is 13.6 Å². The van der Waals surface area contributed by atoms with Crippen LogP contribution in [-0.2, 0) is 14.3 Å². The number of hydrogen-bond donors (Lipinski definition) is 2. The predicted octanol–water partition coefficient (Wildman–Crippen LogP) is -0.228. The molecule has 1 aromatic rings. The second kappa shape index (κ2) is 7.24. The first-order valence-electron chi connectivity index (χ1n) is 6.79. The molecule has 0 spiro atoms. The maximum absolute atomic E-state index is 11.9. The monoisotopic (exact) mass is 326 g/mol. The lowest BCUT2D eigenvalue weighted by Gasteiger charge is -2.16. The Bertz CT molecular complexity index is 576. The highest BCUT2D eigenvalue weighted by Gasteiger charge is 2.30. The molecule has 1 atom stereocenters. The number of cyclic esters (lactones) is 1. The molecule has 0 bridgehead atoms. The fourth-order valence-corrected chi connectivity index (χ4v) is 2.17. The summed E-state index contributed by atoms with van der Waals surface area (Å²) in [6.45, 7) is 0.642. The number of benzene rings is 1. The Kier molecular flexibility index (Phi) is 5.35. The van der Waals surface area contributed by atoms with Crippen molar-refractivity contribution in [2.45, 2.75) is 0 Å². The van der Waals surface area contributed by atoms with Gasteiger partial charge in [0.15, 0.2) is 13.1 Å². The lowest BCUT2D eigenvalue weighted by molar-refractivity contribution is -0.862. The lowest BCUT2D eigenvalue weighted by atomic mass is 10.3. The number of imide groups is 1. The molecule has 1 aromatic carbocycles. The van der Waals surface area contributed by atoms with Crippen LogP contribution in [0, 0.1) is 0 Å². The molecule has 1 heterocycles. The van der Waals surface area contributed by atoms with Crippen LogP contribution in [-0.4, -0.2) is 56.1 Å². The highest BCUT2D eigenvalue weighted by atomic mass is 35.5. The van der Waals surface area contributed by atoms with Crippen LogP contribution in [0.1, 0.15) is 0 Å². The molecule has 1 unspecified atom stereocenters. The highest BCUT2D eigenvalue weighted by molar-refractivity contribution is 6.30. The summed E-state index contributed by atoms with van der Waals surface area (Å²) in [6.07, 6.45) is -0.622. The number of halogens is 1. The maximum atomic E-state index is 11.9. The van der Waals surface area contributed by atoms with Crippen molar-refractivity contribution in [2.75, 3.05) is 38.6 Å². The van der Waals surface area contributed by atoms with Crippen LogP contribution in [0.2, 0.25) is 5.02 Å². The van der Waals surface area contributed by atoms with Crippen LogP contribution in [0.15, 0.2) is 24.3 Å². The summed E-state index contributed by atoms with van der Waals surface area (Å²) in [4.78, 5) is 36.8. The van der Waals surface area contributed by atoms with E-state index in [-0.39, 0.29) is 38.1 Å². The number of ether oxygens (including phenoxy) is 1. The van der Waals surface area contributed by atoms with Crippen molar-refractivity contribution in [3.63, 3.8) is 0 Å². The van der Waals surface area contributed by atoms with Crippen molar-refractivity contribution >= 4 is 35.2 Å². The van der Waals surface area contributed by atoms with Crippen molar-refractivity contribution in [3.8, 4) is 0 Å². The third-order valence-corrected chi connectivity index (χ3v) is 3.36. The summed E-state index contributed by atoms with van der Waals surface area (Å²) >= 11 is 5.77. The van der Waals surface area contributed by atoms with Crippen molar-refractivity contribution in [1.82, 2.24) is 4.90 Å². The molecule has 1 aliphatic rings. The minimum Gasteiger partial charge on any atom is -0.447 e. The van der Waals surface area contributed by atoms with Gasteiger partial charge in [-0.3, -0.25) is 9.59 Å². The van der Waals surface area contributed by atoms with E-state index in [0.29, 0.717) is 15.6 Å². The Morgan fingerprint density at radius 1 is 1.32 bits per heavy atom. The van der Waals surface area contributed by atoms with Crippen molar-refractivity contribution in [1.29, 1.82) is 0 Å². The number of nitrogens with one attached hydrogen (secondary N) is 2. The second-order valence-corrected chi connectivity index (χ2v) is 5.46. The lowest BCUT2D eigenvalue weighted by Crippen LogP contribution is -3.11. The summed E-state index contributed by atoms with van der Waals surface area (Å²) in [5.41, 5.74) is 0.636. The van der Waals surface area contributed by atoms with Crippen molar-refractivity contribution < 1.29 is 24.0 Å². The van der Waals surface area contributed by atoms with Gasteiger partial charge >= 0.3 is 6.09 Å². The molecule has 3 amide bonds. The molecule has 1 aliphatic heterocycles. The average Bonchev–Trinajstić information content (AvgIpc) is 2.87. The first-order chi connectivity index (χ1) is 10.5. The van der Waals surface area contributed by atoms with E-state index >= 15 is 0 Å².